The van der Waals surface area contributed by atoms with Crippen molar-refractivity contribution in [1.29, 1.82) is 0 Å². The minimum atomic E-state index is -4.47. The van der Waals surface area contributed by atoms with Gasteiger partial charge in [-0.2, -0.15) is 13.2 Å². The molecule has 0 fully saturated rings. The Bertz CT molecular complexity index is 823. The number of alkyl halides is 3. The van der Waals surface area contributed by atoms with E-state index in [0.29, 0.717) is 0 Å². The smallest absolute Gasteiger partial charge is 0.416 e. The molecule has 0 aliphatic carbocycles. The third-order valence-corrected chi connectivity index (χ3v) is 2.94. The Morgan fingerprint density at radius 1 is 1.05 bits per heavy atom. The summed E-state index contributed by atoms with van der Waals surface area (Å²) in [5.41, 5.74) is 5.01. The van der Waals surface area contributed by atoms with Crippen LogP contribution in [0.4, 0.5) is 23.2 Å². The van der Waals surface area contributed by atoms with Crippen LogP contribution in [-0.2, 0) is 6.18 Å². The lowest BCUT2D eigenvalue weighted by molar-refractivity contribution is -0.137. The second kappa shape index (κ2) is 4.47. The van der Waals surface area contributed by atoms with Gasteiger partial charge in [-0.05, 0) is 36.4 Å². The van der Waals surface area contributed by atoms with Crippen LogP contribution in [0.15, 0.2) is 40.8 Å². The molecule has 7 heteroatoms. The van der Waals surface area contributed by atoms with Crippen molar-refractivity contribution in [2.24, 2.45) is 0 Å². The predicted molar refractivity (Wildman–Crippen MR) is 68.8 cm³/mol. The van der Waals surface area contributed by atoms with Gasteiger partial charge in [-0.3, -0.25) is 0 Å². The predicted octanol–water partition coefficient (Wildman–Crippen LogP) is 4.23. The number of nitrogen functional groups attached to an aromatic ring is 1. The van der Waals surface area contributed by atoms with Gasteiger partial charge < -0.3 is 10.2 Å². The zero-order valence-electron chi connectivity index (χ0n) is 10.4. The number of fused-ring (bicyclic) bond motifs is 1. The van der Waals surface area contributed by atoms with Crippen molar-refractivity contribution in [1.82, 2.24) is 4.98 Å². The topological polar surface area (TPSA) is 52.0 Å². The normalized spacial score (nSPS) is 12.0. The van der Waals surface area contributed by atoms with Crippen molar-refractivity contribution < 1.29 is 22.0 Å². The van der Waals surface area contributed by atoms with E-state index in [2.05, 4.69) is 4.98 Å². The first-order valence-corrected chi connectivity index (χ1v) is 5.88. The molecule has 0 bridgehead atoms. The summed E-state index contributed by atoms with van der Waals surface area (Å²) in [4.78, 5) is 3.90. The molecule has 1 aromatic heterocycles. The van der Waals surface area contributed by atoms with Crippen molar-refractivity contribution >= 4 is 16.8 Å². The number of nitrogens with zero attached hydrogens (tertiary/aromatic N) is 1. The lowest BCUT2D eigenvalue weighted by atomic mass is 10.2. The SMILES string of the molecule is Nc1ccc(-c2nc3cc(C(F)(F)F)ccc3o2)c(F)c1. The first kappa shape index (κ1) is 13.4. The Hall–Kier alpha value is -2.57. The summed E-state index contributed by atoms with van der Waals surface area (Å²) >= 11 is 0. The van der Waals surface area contributed by atoms with Gasteiger partial charge in [0.25, 0.3) is 0 Å². The van der Waals surface area contributed by atoms with E-state index in [4.69, 9.17) is 10.2 Å². The van der Waals surface area contributed by atoms with Crippen molar-refractivity contribution in [2.75, 3.05) is 5.73 Å². The van der Waals surface area contributed by atoms with Crippen molar-refractivity contribution in [3.63, 3.8) is 0 Å². The van der Waals surface area contributed by atoms with E-state index in [9.17, 15) is 17.6 Å². The quantitative estimate of drug-likeness (QED) is 0.540. The van der Waals surface area contributed by atoms with Crippen molar-refractivity contribution in [3.05, 3.63) is 47.8 Å². The molecule has 0 aliphatic rings. The van der Waals surface area contributed by atoms with Crippen LogP contribution in [0.1, 0.15) is 5.56 Å². The maximum Gasteiger partial charge on any atom is 0.416 e. The lowest BCUT2D eigenvalue weighted by Gasteiger charge is -2.04. The van der Waals surface area contributed by atoms with Crippen LogP contribution in [0.3, 0.4) is 0 Å². The van der Waals surface area contributed by atoms with Gasteiger partial charge in [0.05, 0.1) is 11.1 Å². The summed E-state index contributed by atoms with van der Waals surface area (Å²) < 4.78 is 56.9. The summed E-state index contributed by atoms with van der Waals surface area (Å²) in [5.74, 6) is -0.751. The molecule has 21 heavy (non-hydrogen) atoms. The first-order chi connectivity index (χ1) is 9.84. The number of nitrogens with two attached hydrogens (primary N) is 1. The minimum Gasteiger partial charge on any atom is -0.436 e. The zero-order chi connectivity index (χ0) is 15.2. The molecular weight excluding hydrogens is 288 g/mol. The molecule has 0 amide bonds. The van der Waals surface area contributed by atoms with E-state index in [1.54, 1.807) is 0 Å². The van der Waals surface area contributed by atoms with E-state index in [0.717, 1.165) is 24.3 Å². The van der Waals surface area contributed by atoms with Gasteiger partial charge in [0.2, 0.25) is 5.89 Å². The van der Waals surface area contributed by atoms with Crippen molar-refractivity contribution in [3.8, 4) is 11.5 Å². The Morgan fingerprint density at radius 3 is 2.48 bits per heavy atom. The molecule has 3 aromatic rings. The molecule has 0 aliphatic heterocycles. The lowest BCUT2D eigenvalue weighted by Crippen LogP contribution is -2.03. The third-order valence-electron chi connectivity index (χ3n) is 2.94. The van der Waals surface area contributed by atoms with Crippen LogP contribution in [0.2, 0.25) is 0 Å². The van der Waals surface area contributed by atoms with Gasteiger partial charge in [0.15, 0.2) is 5.58 Å². The molecule has 0 radical (unpaired) electrons. The number of rotatable bonds is 1. The molecule has 2 aromatic carbocycles. The fraction of sp³-hybridized carbons (Fsp3) is 0.0714. The second-order valence-corrected chi connectivity index (χ2v) is 4.44. The molecule has 0 unspecified atom stereocenters. The van der Waals surface area contributed by atoms with Gasteiger partial charge in [0.1, 0.15) is 11.3 Å². The summed E-state index contributed by atoms with van der Waals surface area (Å²) in [6.07, 6.45) is -4.47. The minimum absolute atomic E-state index is 0.0102. The van der Waals surface area contributed by atoms with Gasteiger partial charge in [-0.1, -0.05) is 0 Å². The van der Waals surface area contributed by atoms with Crippen LogP contribution in [-0.4, -0.2) is 4.98 Å². The highest BCUT2D eigenvalue weighted by Crippen LogP contribution is 2.33. The van der Waals surface area contributed by atoms with Gasteiger partial charge in [-0.25, -0.2) is 9.37 Å². The van der Waals surface area contributed by atoms with Gasteiger partial charge >= 0.3 is 6.18 Å². The summed E-state index contributed by atoms with van der Waals surface area (Å²) in [5, 5.41) is 0. The largest absolute Gasteiger partial charge is 0.436 e. The van der Waals surface area contributed by atoms with Gasteiger partial charge in [-0.15, -0.1) is 0 Å². The van der Waals surface area contributed by atoms with Gasteiger partial charge in [0, 0.05) is 5.69 Å². The van der Waals surface area contributed by atoms with Crippen LogP contribution in [0, 0.1) is 5.82 Å². The van der Waals surface area contributed by atoms with Crippen LogP contribution < -0.4 is 5.73 Å². The molecule has 0 saturated heterocycles. The average molecular weight is 296 g/mol. The highest BCUT2D eigenvalue weighted by Gasteiger charge is 2.31. The molecule has 108 valence electrons. The maximum absolute atomic E-state index is 13.8. The first-order valence-electron chi connectivity index (χ1n) is 5.88. The monoisotopic (exact) mass is 296 g/mol. The zero-order valence-corrected chi connectivity index (χ0v) is 10.4. The summed E-state index contributed by atoms with van der Waals surface area (Å²) in [6.45, 7) is 0. The number of benzene rings is 2. The van der Waals surface area contributed by atoms with Crippen LogP contribution >= 0.6 is 0 Å². The molecule has 0 saturated carbocycles. The van der Waals surface area contributed by atoms with Crippen LogP contribution in [0.5, 0.6) is 0 Å². The highest BCUT2D eigenvalue weighted by molar-refractivity contribution is 5.77. The second-order valence-electron chi connectivity index (χ2n) is 4.44. The Kier molecular flexibility index (Phi) is 2.86. The number of halogens is 4. The molecular formula is C14H8F4N2O. The molecule has 3 nitrogen and oxygen atoms in total. The molecule has 1 heterocycles. The number of anilines is 1. The van der Waals surface area contributed by atoms with E-state index in [1.807, 2.05) is 0 Å². The van der Waals surface area contributed by atoms with E-state index in [-0.39, 0.29) is 28.2 Å². The van der Waals surface area contributed by atoms with Crippen molar-refractivity contribution in [2.45, 2.75) is 6.18 Å². The molecule has 0 atom stereocenters. The maximum atomic E-state index is 13.8. The highest BCUT2D eigenvalue weighted by atomic mass is 19.4. The number of hydrogen-bond donors (Lipinski definition) is 1. The number of aromatic nitrogens is 1. The van der Waals surface area contributed by atoms with E-state index < -0.39 is 17.6 Å². The fourth-order valence-electron chi connectivity index (χ4n) is 1.92. The Labute approximate surface area is 116 Å². The van der Waals surface area contributed by atoms with E-state index >= 15 is 0 Å². The molecule has 3 rings (SSSR count). The average Bonchev–Trinajstić information content (AvgIpc) is 2.79. The standard InChI is InChI=1S/C14H8F4N2O/c15-10-6-8(19)2-3-9(10)13-20-11-5-7(14(16,17)18)1-4-12(11)21-13/h1-6H,19H2. The van der Waals surface area contributed by atoms with E-state index in [1.165, 1.54) is 12.1 Å². The fourth-order valence-corrected chi connectivity index (χ4v) is 1.92. The molecule has 0 spiro atoms. The third kappa shape index (κ3) is 2.42. The number of oxazole rings is 1. The Morgan fingerprint density at radius 2 is 1.81 bits per heavy atom. The molecule has 2 N–H and O–H groups in total. The summed E-state index contributed by atoms with van der Waals surface area (Å²) in [7, 11) is 0. The van der Waals surface area contributed by atoms with Crippen LogP contribution in [0.25, 0.3) is 22.6 Å². The Balaban J connectivity index is 2.13. The number of hydrogen-bond acceptors (Lipinski definition) is 3. The summed E-state index contributed by atoms with van der Waals surface area (Å²) in [6, 6.07) is 6.80.